The van der Waals surface area contributed by atoms with Crippen molar-refractivity contribution in [3.63, 3.8) is 0 Å². The first kappa shape index (κ1) is 14.9. The van der Waals surface area contributed by atoms with Crippen LogP contribution in [0.3, 0.4) is 0 Å². The third-order valence-corrected chi connectivity index (χ3v) is 3.21. The van der Waals surface area contributed by atoms with E-state index in [-0.39, 0.29) is 11.3 Å². The van der Waals surface area contributed by atoms with Crippen LogP contribution in [0.5, 0.6) is 0 Å². The molecule has 0 atom stereocenters. The molecule has 2 N–H and O–H groups in total. The molecule has 0 saturated heterocycles. The lowest BCUT2D eigenvalue weighted by Crippen LogP contribution is -2.12. The van der Waals surface area contributed by atoms with Crippen LogP contribution < -0.4 is 10.6 Å². The molecular formula is C12H13N5O3S. The Bertz CT molecular complexity index is 644. The van der Waals surface area contributed by atoms with Gasteiger partial charge in [0.15, 0.2) is 0 Å². The molecule has 2 rings (SSSR count). The lowest BCUT2D eigenvalue weighted by Gasteiger charge is -2.07. The first-order valence-electron chi connectivity index (χ1n) is 6.21. The first-order chi connectivity index (χ1) is 10.1. The lowest BCUT2D eigenvalue weighted by atomic mass is 10.1. The molecule has 9 heteroatoms. The van der Waals surface area contributed by atoms with Gasteiger partial charge in [0.25, 0.3) is 11.6 Å². The smallest absolute Gasteiger partial charge is 0.293 e. The van der Waals surface area contributed by atoms with Gasteiger partial charge in [-0.3, -0.25) is 20.2 Å². The van der Waals surface area contributed by atoms with E-state index in [9.17, 15) is 14.9 Å². The molecule has 2 aromatic rings. The van der Waals surface area contributed by atoms with Gasteiger partial charge >= 0.3 is 0 Å². The zero-order valence-corrected chi connectivity index (χ0v) is 12.0. The van der Waals surface area contributed by atoms with Crippen molar-refractivity contribution in [2.24, 2.45) is 0 Å². The number of amides is 1. The van der Waals surface area contributed by atoms with Crippen molar-refractivity contribution in [2.75, 3.05) is 17.2 Å². The Morgan fingerprint density at radius 2 is 2.29 bits per heavy atom. The standard InChI is InChI=1S/C12H13N5O3S/c1-2-5-13-9-4-3-8(6-10(9)17(19)20)11(18)15-12-16-14-7-21-12/h3-4,6-7,13H,2,5H2,1H3,(H,15,16,18). The number of nitro benzene ring substituents is 1. The van der Waals surface area contributed by atoms with Gasteiger partial charge in [-0.2, -0.15) is 0 Å². The van der Waals surface area contributed by atoms with E-state index < -0.39 is 10.8 Å². The quantitative estimate of drug-likeness (QED) is 0.626. The Kier molecular flexibility index (Phi) is 4.77. The number of nitrogens with zero attached hydrogens (tertiary/aromatic N) is 3. The van der Waals surface area contributed by atoms with Crippen molar-refractivity contribution in [1.82, 2.24) is 10.2 Å². The maximum Gasteiger partial charge on any atom is 0.293 e. The summed E-state index contributed by atoms with van der Waals surface area (Å²) in [7, 11) is 0. The maximum absolute atomic E-state index is 12.0. The molecule has 0 bridgehead atoms. The third-order valence-electron chi connectivity index (χ3n) is 2.60. The fourth-order valence-electron chi connectivity index (χ4n) is 1.63. The molecule has 110 valence electrons. The van der Waals surface area contributed by atoms with Crippen LogP contribution in [0.1, 0.15) is 23.7 Å². The van der Waals surface area contributed by atoms with Gasteiger partial charge in [0.2, 0.25) is 5.13 Å². The molecule has 8 nitrogen and oxygen atoms in total. The first-order valence-corrected chi connectivity index (χ1v) is 7.09. The second-order valence-electron chi connectivity index (χ2n) is 4.11. The molecule has 21 heavy (non-hydrogen) atoms. The molecule has 1 amide bonds. The van der Waals surface area contributed by atoms with Gasteiger partial charge < -0.3 is 5.32 Å². The summed E-state index contributed by atoms with van der Waals surface area (Å²) in [4.78, 5) is 22.6. The van der Waals surface area contributed by atoms with Crippen molar-refractivity contribution in [3.05, 3.63) is 39.4 Å². The molecule has 0 unspecified atom stereocenters. The highest BCUT2D eigenvalue weighted by Crippen LogP contribution is 2.26. The van der Waals surface area contributed by atoms with Gasteiger partial charge in [-0.1, -0.05) is 18.3 Å². The molecular weight excluding hydrogens is 294 g/mol. The highest BCUT2D eigenvalue weighted by molar-refractivity contribution is 7.13. The van der Waals surface area contributed by atoms with E-state index in [1.807, 2.05) is 6.92 Å². The largest absolute Gasteiger partial charge is 0.380 e. The predicted molar refractivity (Wildman–Crippen MR) is 79.7 cm³/mol. The number of nitro groups is 1. The Balaban J connectivity index is 2.22. The summed E-state index contributed by atoms with van der Waals surface area (Å²) >= 11 is 1.17. The molecule has 1 heterocycles. The number of hydrogen-bond donors (Lipinski definition) is 2. The fourth-order valence-corrected chi connectivity index (χ4v) is 2.07. The topological polar surface area (TPSA) is 110 Å². The minimum absolute atomic E-state index is 0.131. The number of rotatable bonds is 6. The van der Waals surface area contributed by atoms with Crippen molar-refractivity contribution >= 4 is 33.8 Å². The molecule has 0 spiro atoms. The number of aromatic nitrogens is 2. The average Bonchev–Trinajstić information content (AvgIpc) is 2.97. The number of anilines is 2. The van der Waals surface area contributed by atoms with Crippen LogP contribution >= 0.6 is 11.3 Å². The van der Waals surface area contributed by atoms with Gasteiger partial charge in [0.05, 0.1) is 4.92 Å². The minimum Gasteiger partial charge on any atom is -0.380 e. The zero-order chi connectivity index (χ0) is 15.2. The van der Waals surface area contributed by atoms with Crippen LogP contribution in [0.4, 0.5) is 16.5 Å². The van der Waals surface area contributed by atoms with Crippen LogP contribution in [0.2, 0.25) is 0 Å². The average molecular weight is 307 g/mol. The minimum atomic E-state index is -0.514. The summed E-state index contributed by atoms with van der Waals surface area (Å²) in [5.74, 6) is -0.461. The van der Waals surface area contributed by atoms with Crippen molar-refractivity contribution in [3.8, 4) is 0 Å². The fraction of sp³-hybridized carbons (Fsp3) is 0.250. The van der Waals surface area contributed by atoms with Crippen LogP contribution in [-0.4, -0.2) is 27.6 Å². The number of benzene rings is 1. The van der Waals surface area contributed by atoms with E-state index in [1.165, 1.54) is 35.0 Å². The van der Waals surface area contributed by atoms with E-state index in [1.54, 1.807) is 0 Å². The lowest BCUT2D eigenvalue weighted by molar-refractivity contribution is -0.384. The van der Waals surface area contributed by atoms with Gasteiger partial charge in [0, 0.05) is 18.2 Å². The SMILES string of the molecule is CCCNc1ccc(C(=O)Nc2nncs2)cc1[N+](=O)[O-]. The summed E-state index contributed by atoms with van der Waals surface area (Å²) in [5.41, 5.74) is 1.94. The molecule has 0 radical (unpaired) electrons. The second-order valence-corrected chi connectivity index (χ2v) is 4.95. The van der Waals surface area contributed by atoms with E-state index in [2.05, 4.69) is 20.8 Å². The molecule has 0 aliphatic rings. The Hall–Kier alpha value is -2.55. The second kappa shape index (κ2) is 6.75. The summed E-state index contributed by atoms with van der Waals surface area (Å²) in [6, 6.07) is 4.30. The van der Waals surface area contributed by atoms with Crippen LogP contribution in [0, 0.1) is 10.1 Å². The van der Waals surface area contributed by atoms with E-state index in [4.69, 9.17) is 0 Å². The van der Waals surface area contributed by atoms with Crippen molar-refractivity contribution in [1.29, 1.82) is 0 Å². The number of carbonyl (C=O) groups excluding carboxylic acids is 1. The van der Waals surface area contributed by atoms with E-state index >= 15 is 0 Å². The van der Waals surface area contributed by atoms with Crippen LogP contribution in [0.15, 0.2) is 23.7 Å². The maximum atomic E-state index is 12.0. The number of hydrogen-bond acceptors (Lipinski definition) is 7. The highest BCUT2D eigenvalue weighted by Gasteiger charge is 2.17. The Morgan fingerprint density at radius 1 is 1.48 bits per heavy atom. The van der Waals surface area contributed by atoms with Crippen LogP contribution in [0.25, 0.3) is 0 Å². The molecule has 1 aromatic carbocycles. The van der Waals surface area contributed by atoms with E-state index in [0.29, 0.717) is 17.4 Å². The summed E-state index contributed by atoms with van der Waals surface area (Å²) in [6.07, 6.45) is 0.844. The molecule has 0 aliphatic heterocycles. The molecule has 0 fully saturated rings. The monoisotopic (exact) mass is 307 g/mol. The normalized spacial score (nSPS) is 10.1. The summed E-state index contributed by atoms with van der Waals surface area (Å²) in [5, 5.41) is 24.2. The van der Waals surface area contributed by atoms with Gasteiger partial charge in [-0.25, -0.2) is 0 Å². The van der Waals surface area contributed by atoms with Gasteiger partial charge in [-0.05, 0) is 18.6 Å². The Morgan fingerprint density at radius 3 is 2.90 bits per heavy atom. The zero-order valence-electron chi connectivity index (χ0n) is 11.2. The third kappa shape index (κ3) is 3.72. The van der Waals surface area contributed by atoms with Gasteiger partial charge in [0.1, 0.15) is 11.2 Å². The van der Waals surface area contributed by atoms with E-state index in [0.717, 1.165) is 6.42 Å². The van der Waals surface area contributed by atoms with Gasteiger partial charge in [-0.15, -0.1) is 10.2 Å². The number of nitrogens with one attached hydrogen (secondary N) is 2. The molecule has 0 saturated carbocycles. The molecule has 1 aromatic heterocycles. The van der Waals surface area contributed by atoms with Crippen molar-refractivity contribution < 1.29 is 9.72 Å². The number of carbonyl (C=O) groups is 1. The molecule has 0 aliphatic carbocycles. The van der Waals surface area contributed by atoms with Crippen LogP contribution in [-0.2, 0) is 0 Å². The predicted octanol–water partition coefficient (Wildman–Crippen LogP) is 2.52. The summed E-state index contributed by atoms with van der Waals surface area (Å²) in [6.45, 7) is 2.58. The Labute approximate surface area is 124 Å². The summed E-state index contributed by atoms with van der Waals surface area (Å²) < 4.78 is 0. The highest BCUT2D eigenvalue weighted by atomic mass is 32.1. The van der Waals surface area contributed by atoms with Crippen molar-refractivity contribution in [2.45, 2.75) is 13.3 Å².